The number of nitrogens with zero attached hydrogens (tertiary/aromatic N) is 2. The summed E-state index contributed by atoms with van der Waals surface area (Å²) in [6.07, 6.45) is 1.06. The van der Waals surface area contributed by atoms with Gasteiger partial charge in [0.15, 0.2) is 5.69 Å². The van der Waals surface area contributed by atoms with Crippen LogP contribution in [0, 0.1) is 0 Å². The van der Waals surface area contributed by atoms with Gasteiger partial charge in [-0.3, -0.25) is 9.90 Å². The van der Waals surface area contributed by atoms with Crippen molar-refractivity contribution >= 4 is 5.91 Å². The van der Waals surface area contributed by atoms with Gasteiger partial charge in [0, 0.05) is 12.1 Å². The van der Waals surface area contributed by atoms with E-state index in [4.69, 9.17) is 0 Å². The first-order chi connectivity index (χ1) is 6.09. The standard InChI is InChI=1S/C8H10N3O2/c1-5(2)10-8(13)7-3-6(12)4-9-11-7/h3-5H,1-2H3,(H,10,13). The van der Waals surface area contributed by atoms with Gasteiger partial charge >= 0.3 is 0 Å². The van der Waals surface area contributed by atoms with E-state index in [1.54, 1.807) is 0 Å². The molecule has 1 radical (unpaired) electrons. The van der Waals surface area contributed by atoms with Crippen molar-refractivity contribution in [1.29, 1.82) is 0 Å². The van der Waals surface area contributed by atoms with Crippen LogP contribution in [0.5, 0.6) is 5.75 Å². The van der Waals surface area contributed by atoms with Gasteiger partial charge in [-0.25, -0.2) is 0 Å². The van der Waals surface area contributed by atoms with E-state index >= 15 is 0 Å². The lowest BCUT2D eigenvalue weighted by Crippen LogP contribution is -2.30. The van der Waals surface area contributed by atoms with Crippen molar-refractivity contribution in [3.05, 3.63) is 18.0 Å². The summed E-state index contributed by atoms with van der Waals surface area (Å²) in [6, 6.07) is 1.18. The summed E-state index contributed by atoms with van der Waals surface area (Å²) in [6.45, 7) is 3.65. The van der Waals surface area contributed by atoms with E-state index in [0.717, 1.165) is 12.3 Å². The van der Waals surface area contributed by atoms with E-state index in [2.05, 4.69) is 15.5 Å². The molecule has 0 fully saturated rings. The second-order valence-electron chi connectivity index (χ2n) is 2.90. The van der Waals surface area contributed by atoms with Gasteiger partial charge in [-0.2, -0.15) is 5.10 Å². The Kier molecular flexibility index (Phi) is 2.79. The van der Waals surface area contributed by atoms with Gasteiger partial charge in [-0.15, -0.1) is 5.10 Å². The number of aromatic nitrogens is 2. The highest BCUT2D eigenvalue weighted by Gasteiger charge is 2.09. The first-order valence-corrected chi connectivity index (χ1v) is 3.90. The number of hydrogen-bond acceptors (Lipinski definition) is 3. The summed E-state index contributed by atoms with van der Waals surface area (Å²) in [5, 5.41) is 20.3. The summed E-state index contributed by atoms with van der Waals surface area (Å²) >= 11 is 0. The first kappa shape index (κ1) is 9.44. The molecule has 0 aromatic carbocycles. The zero-order valence-electron chi connectivity index (χ0n) is 7.44. The minimum absolute atomic E-state index is 0.0182. The molecule has 13 heavy (non-hydrogen) atoms. The van der Waals surface area contributed by atoms with Gasteiger partial charge in [-0.1, -0.05) is 0 Å². The van der Waals surface area contributed by atoms with Crippen molar-refractivity contribution in [3.8, 4) is 5.75 Å². The molecule has 5 heteroatoms. The van der Waals surface area contributed by atoms with E-state index in [0.29, 0.717) is 0 Å². The van der Waals surface area contributed by atoms with Crippen LogP contribution in [0.1, 0.15) is 24.3 Å². The Bertz CT molecular complexity index is 312. The van der Waals surface area contributed by atoms with Crippen LogP contribution in [0.3, 0.4) is 0 Å². The van der Waals surface area contributed by atoms with Crippen LogP contribution in [-0.2, 0) is 5.11 Å². The third-order valence-electron chi connectivity index (χ3n) is 1.28. The molecular weight excluding hydrogens is 170 g/mol. The largest absolute Gasteiger partial charge is 0.348 e. The Labute approximate surface area is 75.8 Å². The van der Waals surface area contributed by atoms with Crippen molar-refractivity contribution in [2.24, 2.45) is 0 Å². The molecule has 1 rings (SSSR count). The zero-order chi connectivity index (χ0) is 9.84. The Hall–Kier alpha value is -1.65. The zero-order valence-corrected chi connectivity index (χ0v) is 7.44. The molecule has 0 bridgehead atoms. The Morgan fingerprint density at radius 3 is 2.77 bits per heavy atom. The molecule has 0 spiro atoms. The smallest absolute Gasteiger partial charge is 0.272 e. The van der Waals surface area contributed by atoms with E-state index < -0.39 is 0 Å². The summed E-state index contributed by atoms with van der Waals surface area (Å²) < 4.78 is 0. The topological polar surface area (TPSA) is 74.8 Å². The van der Waals surface area contributed by atoms with Gasteiger partial charge < -0.3 is 5.32 Å². The lowest BCUT2D eigenvalue weighted by atomic mass is 10.3. The fraction of sp³-hybridized carbons (Fsp3) is 0.375. The second kappa shape index (κ2) is 3.84. The van der Waals surface area contributed by atoms with E-state index in [-0.39, 0.29) is 23.4 Å². The molecule has 1 N–H and O–H groups in total. The average molecular weight is 180 g/mol. The van der Waals surface area contributed by atoms with Crippen molar-refractivity contribution in [2.75, 3.05) is 0 Å². The summed E-state index contributed by atoms with van der Waals surface area (Å²) in [5.74, 6) is -0.691. The maximum atomic E-state index is 11.3. The minimum atomic E-state index is -0.375. The number of hydrogen-bond donors (Lipinski definition) is 1. The first-order valence-electron chi connectivity index (χ1n) is 3.90. The highest BCUT2D eigenvalue weighted by molar-refractivity contribution is 5.92. The fourth-order valence-corrected chi connectivity index (χ4v) is 0.796. The molecule has 69 valence electrons. The molecule has 0 unspecified atom stereocenters. The number of carbonyl (C=O) groups is 1. The van der Waals surface area contributed by atoms with Crippen molar-refractivity contribution < 1.29 is 9.90 Å². The predicted octanol–water partition coefficient (Wildman–Crippen LogP) is 0.759. The Morgan fingerprint density at radius 1 is 1.54 bits per heavy atom. The van der Waals surface area contributed by atoms with Crippen molar-refractivity contribution in [3.63, 3.8) is 0 Å². The van der Waals surface area contributed by atoms with Crippen LogP contribution in [0.15, 0.2) is 12.3 Å². The molecule has 0 saturated heterocycles. The Balaban J connectivity index is 2.77. The fourth-order valence-electron chi connectivity index (χ4n) is 0.796. The summed E-state index contributed by atoms with van der Waals surface area (Å²) in [4.78, 5) is 11.3. The van der Waals surface area contributed by atoms with Crippen LogP contribution in [-0.4, -0.2) is 22.1 Å². The van der Waals surface area contributed by atoms with Gasteiger partial charge in [0.1, 0.15) is 0 Å². The van der Waals surface area contributed by atoms with Gasteiger partial charge in [0.25, 0.3) is 5.91 Å². The van der Waals surface area contributed by atoms with Crippen LogP contribution < -0.4 is 5.32 Å². The number of rotatable bonds is 2. The SMILES string of the molecule is CC(C)NC(=O)c1cc([O])cnn1. The molecule has 0 aliphatic heterocycles. The number of carbonyl (C=O) groups excluding carboxylic acids is 1. The Morgan fingerprint density at radius 2 is 2.23 bits per heavy atom. The molecule has 0 atom stereocenters. The summed E-state index contributed by atoms with van der Waals surface area (Å²) in [5.41, 5.74) is 0.0567. The lowest BCUT2D eigenvalue weighted by molar-refractivity contribution is 0.0936. The van der Waals surface area contributed by atoms with Gasteiger partial charge in [0.05, 0.1) is 6.20 Å². The van der Waals surface area contributed by atoms with Crippen LogP contribution in [0.2, 0.25) is 0 Å². The van der Waals surface area contributed by atoms with Crippen molar-refractivity contribution in [2.45, 2.75) is 19.9 Å². The number of amides is 1. The molecule has 1 heterocycles. The number of nitrogens with one attached hydrogen (secondary N) is 1. The van der Waals surface area contributed by atoms with Gasteiger partial charge in [-0.05, 0) is 13.8 Å². The molecule has 0 saturated carbocycles. The molecule has 1 amide bonds. The maximum absolute atomic E-state index is 11.3. The van der Waals surface area contributed by atoms with Gasteiger partial charge in [0.2, 0.25) is 5.75 Å². The lowest BCUT2D eigenvalue weighted by Gasteiger charge is -2.06. The van der Waals surface area contributed by atoms with E-state index in [1.807, 2.05) is 13.8 Å². The molecule has 0 aliphatic carbocycles. The summed E-state index contributed by atoms with van der Waals surface area (Å²) in [7, 11) is 0. The molecule has 5 nitrogen and oxygen atoms in total. The molecule has 1 aromatic rings. The quantitative estimate of drug-likeness (QED) is 0.730. The maximum Gasteiger partial charge on any atom is 0.272 e. The molecule has 1 aromatic heterocycles. The highest BCUT2D eigenvalue weighted by Crippen LogP contribution is 2.06. The minimum Gasteiger partial charge on any atom is -0.348 e. The normalized spacial score (nSPS) is 10.1. The van der Waals surface area contributed by atoms with E-state index in [9.17, 15) is 9.90 Å². The monoisotopic (exact) mass is 180 g/mol. The highest BCUT2D eigenvalue weighted by atomic mass is 16.3. The molecular formula is C8H10N3O2. The third kappa shape index (κ3) is 2.70. The van der Waals surface area contributed by atoms with Crippen LogP contribution in [0.25, 0.3) is 0 Å². The van der Waals surface area contributed by atoms with E-state index in [1.165, 1.54) is 0 Å². The predicted molar refractivity (Wildman–Crippen MR) is 44.8 cm³/mol. The van der Waals surface area contributed by atoms with Crippen LogP contribution >= 0.6 is 0 Å². The third-order valence-corrected chi connectivity index (χ3v) is 1.28. The van der Waals surface area contributed by atoms with Crippen LogP contribution in [0.4, 0.5) is 0 Å². The second-order valence-corrected chi connectivity index (χ2v) is 2.90. The average Bonchev–Trinajstić information content (AvgIpc) is 2.03. The molecule has 0 aliphatic rings. The van der Waals surface area contributed by atoms with Crippen molar-refractivity contribution in [1.82, 2.24) is 15.5 Å².